The van der Waals surface area contributed by atoms with Crippen LogP contribution in [0.4, 0.5) is 4.79 Å². The van der Waals surface area contributed by atoms with Crippen molar-refractivity contribution < 1.29 is 24.0 Å². The first kappa shape index (κ1) is 17.2. The average molecular weight is 330 g/mol. The summed E-state index contributed by atoms with van der Waals surface area (Å²) in [6.07, 6.45) is 0.289. The van der Waals surface area contributed by atoms with Gasteiger partial charge < -0.3 is 15.0 Å². The number of hydrogen-bond donors (Lipinski definition) is 2. The zero-order chi connectivity index (χ0) is 16.3. The highest BCUT2D eigenvalue weighted by atomic mass is 32.2. The summed E-state index contributed by atoms with van der Waals surface area (Å²) in [5.41, 5.74) is 0. The molecule has 8 heteroatoms. The van der Waals surface area contributed by atoms with Crippen LogP contribution in [0.5, 0.6) is 0 Å². The Kier molecular flexibility index (Phi) is 5.82. The lowest BCUT2D eigenvalue weighted by Crippen LogP contribution is -3.19. The van der Waals surface area contributed by atoms with E-state index in [1.54, 1.807) is 0 Å². The second-order valence-corrected chi connectivity index (χ2v) is 6.86. The van der Waals surface area contributed by atoms with Crippen LogP contribution in [0.15, 0.2) is 0 Å². The Bertz CT molecular complexity index is 433. The number of nitrogens with zero attached hydrogens (tertiary/aromatic N) is 1. The van der Waals surface area contributed by atoms with Crippen LogP contribution in [0.3, 0.4) is 0 Å². The molecule has 124 valence electrons. The minimum Gasteiger partial charge on any atom is -0.364 e. The van der Waals surface area contributed by atoms with Crippen molar-refractivity contribution in [3.05, 3.63) is 0 Å². The summed E-state index contributed by atoms with van der Waals surface area (Å²) in [5.74, 6) is -0.0292. The Morgan fingerprint density at radius 2 is 2.05 bits per heavy atom. The van der Waals surface area contributed by atoms with Crippen LogP contribution >= 0.6 is 11.8 Å². The number of nitrogens with one attached hydrogen (secondary N) is 2. The molecule has 3 amide bonds. The largest absolute Gasteiger partial charge is 0.364 e. The molecule has 0 radical (unpaired) electrons. The van der Waals surface area contributed by atoms with Crippen molar-refractivity contribution in [2.75, 3.05) is 31.9 Å². The lowest BCUT2D eigenvalue weighted by molar-refractivity contribution is -0.928. The number of ether oxygens (including phenoxy) is 1. The number of hydrogen-bond acceptors (Lipinski definition) is 5. The van der Waals surface area contributed by atoms with Gasteiger partial charge in [0.1, 0.15) is 25.3 Å². The molecule has 0 aromatic heterocycles. The van der Waals surface area contributed by atoms with Gasteiger partial charge in [0.15, 0.2) is 6.04 Å². The zero-order valence-electron chi connectivity index (χ0n) is 13.3. The van der Waals surface area contributed by atoms with E-state index in [-0.39, 0.29) is 47.6 Å². The fraction of sp³-hybridized carbons (Fsp3) is 0.786. The summed E-state index contributed by atoms with van der Waals surface area (Å²) >= 11 is 1.01. The maximum atomic E-state index is 12.2. The molecule has 2 rings (SSSR count). The molecule has 2 heterocycles. The first-order chi connectivity index (χ1) is 10.4. The molecule has 0 bridgehead atoms. The number of amides is 3. The van der Waals surface area contributed by atoms with Crippen LogP contribution < -0.4 is 10.2 Å². The quantitative estimate of drug-likeness (QED) is 0.667. The predicted octanol–water partition coefficient (Wildman–Crippen LogP) is -1.12. The summed E-state index contributed by atoms with van der Waals surface area (Å²) in [4.78, 5) is 37.5. The minimum absolute atomic E-state index is 0.0527. The third kappa shape index (κ3) is 4.21. The lowest BCUT2D eigenvalue weighted by atomic mass is 10.1. The topological polar surface area (TPSA) is 80.2 Å². The molecule has 0 saturated carbocycles. The van der Waals surface area contributed by atoms with Crippen LogP contribution in [0.25, 0.3) is 0 Å². The van der Waals surface area contributed by atoms with Crippen molar-refractivity contribution in [2.24, 2.45) is 0 Å². The Labute approximate surface area is 134 Å². The van der Waals surface area contributed by atoms with E-state index in [1.165, 1.54) is 9.80 Å². The lowest BCUT2D eigenvalue weighted by Gasteiger charge is -2.35. The predicted molar refractivity (Wildman–Crippen MR) is 82.7 cm³/mol. The molecule has 2 aliphatic rings. The highest BCUT2D eigenvalue weighted by molar-refractivity contribution is 8.14. The van der Waals surface area contributed by atoms with Crippen LogP contribution in [0.1, 0.15) is 20.8 Å². The molecular weight excluding hydrogens is 306 g/mol. The number of thioether (sulfide) groups is 1. The highest BCUT2D eigenvalue weighted by Crippen LogP contribution is 2.17. The number of carbonyl (C=O) groups excluding carboxylic acids is 3. The molecule has 7 nitrogen and oxygen atoms in total. The van der Waals surface area contributed by atoms with Gasteiger partial charge in [-0.25, -0.2) is 0 Å². The number of carbonyl (C=O) groups is 3. The summed E-state index contributed by atoms with van der Waals surface area (Å²) in [7, 11) is 0. The standard InChI is InChI=1S/C14H23N3O4S/c1-9-6-16(7-10(2)21-9)11(3)13(19)15-4-5-17-12(18)8-22-14(17)20/h9-11H,4-8H2,1-3H3,(H,15,19)/p+1/t9-,10-,11+/m1/s1. The van der Waals surface area contributed by atoms with Gasteiger partial charge in [-0.15, -0.1) is 0 Å². The van der Waals surface area contributed by atoms with Crippen molar-refractivity contribution in [3.63, 3.8) is 0 Å². The van der Waals surface area contributed by atoms with Crippen molar-refractivity contribution in [3.8, 4) is 0 Å². The van der Waals surface area contributed by atoms with Crippen LogP contribution in [-0.4, -0.2) is 72.1 Å². The van der Waals surface area contributed by atoms with E-state index in [2.05, 4.69) is 5.32 Å². The van der Waals surface area contributed by atoms with Gasteiger partial charge in [0, 0.05) is 13.1 Å². The van der Waals surface area contributed by atoms with E-state index in [0.29, 0.717) is 6.54 Å². The Morgan fingerprint density at radius 3 is 2.59 bits per heavy atom. The van der Waals surface area contributed by atoms with Crippen molar-refractivity contribution in [1.82, 2.24) is 10.2 Å². The van der Waals surface area contributed by atoms with E-state index in [4.69, 9.17) is 4.74 Å². The van der Waals surface area contributed by atoms with Gasteiger partial charge in [0.05, 0.1) is 5.75 Å². The van der Waals surface area contributed by atoms with Crippen molar-refractivity contribution in [1.29, 1.82) is 0 Å². The summed E-state index contributed by atoms with van der Waals surface area (Å²) in [6.45, 7) is 8.09. The summed E-state index contributed by atoms with van der Waals surface area (Å²) in [5, 5.41) is 2.59. The van der Waals surface area contributed by atoms with Gasteiger partial charge in [-0.05, 0) is 20.8 Å². The molecule has 0 aromatic rings. The van der Waals surface area contributed by atoms with Gasteiger partial charge >= 0.3 is 0 Å². The molecule has 22 heavy (non-hydrogen) atoms. The molecule has 3 atom stereocenters. The maximum Gasteiger partial charge on any atom is 0.288 e. The fourth-order valence-corrected chi connectivity index (χ4v) is 3.65. The van der Waals surface area contributed by atoms with E-state index >= 15 is 0 Å². The minimum atomic E-state index is -0.228. The number of quaternary nitrogens is 1. The zero-order valence-corrected chi connectivity index (χ0v) is 14.1. The van der Waals surface area contributed by atoms with Crippen molar-refractivity contribution >= 4 is 28.8 Å². The van der Waals surface area contributed by atoms with Crippen LogP contribution in [-0.2, 0) is 14.3 Å². The first-order valence-corrected chi connectivity index (χ1v) is 8.62. The maximum absolute atomic E-state index is 12.2. The monoisotopic (exact) mass is 330 g/mol. The van der Waals surface area contributed by atoms with E-state index in [1.807, 2.05) is 20.8 Å². The van der Waals surface area contributed by atoms with E-state index in [9.17, 15) is 14.4 Å². The molecule has 0 unspecified atom stereocenters. The molecule has 0 aliphatic carbocycles. The van der Waals surface area contributed by atoms with E-state index < -0.39 is 0 Å². The van der Waals surface area contributed by atoms with Gasteiger partial charge in [0.2, 0.25) is 5.91 Å². The first-order valence-electron chi connectivity index (χ1n) is 7.63. The summed E-state index contributed by atoms with van der Waals surface area (Å²) in [6, 6.07) is -0.173. The second kappa shape index (κ2) is 7.43. The molecule has 0 spiro atoms. The number of morpholine rings is 1. The van der Waals surface area contributed by atoms with Crippen molar-refractivity contribution in [2.45, 2.75) is 39.0 Å². The summed E-state index contributed by atoms with van der Waals surface area (Å²) < 4.78 is 5.68. The third-order valence-corrected chi connectivity index (χ3v) is 4.90. The molecular formula is C14H24N3O4S+. The fourth-order valence-electron chi connectivity index (χ4n) is 2.89. The van der Waals surface area contributed by atoms with Crippen LogP contribution in [0, 0.1) is 0 Å². The number of imide groups is 1. The van der Waals surface area contributed by atoms with E-state index in [0.717, 1.165) is 24.9 Å². The molecule has 2 saturated heterocycles. The van der Waals surface area contributed by atoms with Gasteiger partial charge in [0.25, 0.3) is 11.1 Å². The average Bonchev–Trinajstić information content (AvgIpc) is 2.77. The molecule has 2 fully saturated rings. The molecule has 2 N–H and O–H groups in total. The SMILES string of the molecule is C[C@@H]1C[NH+]([C@@H](C)C(=O)NCCN2C(=O)CSC2=O)C[C@@H](C)O1. The normalized spacial score (nSPS) is 30.5. The molecule has 2 aliphatic heterocycles. The Hall–Kier alpha value is -1.12. The van der Waals surface area contributed by atoms with Gasteiger partial charge in [-0.2, -0.15) is 0 Å². The molecule has 0 aromatic carbocycles. The third-order valence-electron chi connectivity index (χ3n) is 4.04. The smallest absolute Gasteiger partial charge is 0.288 e. The van der Waals surface area contributed by atoms with Gasteiger partial charge in [-0.1, -0.05) is 11.8 Å². The van der Waals surface area contributed by atoms with Gasteiger partial charge in [-0.3, -0.25) is 19.3 Å². The Morgan fingerprint density at radius 1 is 1.41 bits per heavy atom. The highest BCUT2D eigenvalue weighted by Gasteiger charge is 2.33. The van der Waals surface area contributed by atoms with Crippen LogP contribution in [0.2, 0.25) is 0 Å². The second-order valence-electron chi connectivity index (χ2n) is 5.94. The Balaban J connectivity index is 1.76. The number of rotatable bonds is 5.